The Labute approximate surface area is 182 Å². The van der Waals surface area contributed by atoms with E-state index in [1.165, 1.54) is 12.1 Å². The van der Waals surface area contributed by atoms with Crippen LogP contribution in [0.2, 0.25) is 0 Å². The molecule has 3 aromatic rings. The summed E-state index contributed by atoms with van der Waals surface area (Å²) in [5.41, 5.74) is 4.31. The van der Waals surface area contributed by atoms with Gasteiger partial charge >= 0.3 is 0 Å². The van der Waals surface area contributed by atoms with E-state index < -0.39 is 21.7 Å². The molecule has 7 heteroatoms. The van der Waals surface area contributed by atoms with Crippen LogP contribution in [0.15, 0.2) is 71.6 Å². The highest BCUT2D eigenvalue weighted by atomic mass is 32.2. The minimum absolute atomic E-state index is 0.0137. The van der Waals surface area contributed by atoms with Crippen LogP contribution in [0.4, 0.5) is 10.1 Å². The Kier molecular flexibility index (Phi) is 6.87. The fourth-order valence-electron chi connectivity index (χ4n) is 3.48. The first kappa shape index (κ1) is 22.7. The quantitative estimate of drug-likeness (QED) is 0.585. The third kappa shape index (κ3) is 5.57. The fraction of sp³-hybridized carbons (Fsp3) is 0.208. The zero-order valence-electron chi connectivity index (χ0n) is 17.7. The van der Waals surface area contributed by atoms with Crippen molar-refractivity contribution in [2.45, 2.75) is 32.2 Å². The molecule has 0 bridgehead atoms. The lowest BCUT2D eigenvalue weighted by Gasteiger charge is -2.22. The molecule has 0 unspecified atom stereocenters. The van der Waals surface area contributed by atoms with Gasteiger partial charge in [0.2, 0.25) is 15.9 Å². The second-order valence-corrected chi connectivity index (χ2v) is 9.47. The van der Waals surface area contributed by atoms with Gasteiger partial charge in [-0.1, -0.05) is 48.0 Å². The van der Waals surface area contributed by atoms with Crippen molar-refractivity contribution >= 4 is 21.6 Å². The molecule has 3 aromatic carbocycles. The number of rotatable bonds is 7. The minimum Gasteiger partial charge on any atom is -0.324 e. The standard InChI is InChI=1S/C24H25FN2O3S/c1-17-13-18(2)24(19(3)14-17)26-23(28)16-27(15-20-7-5-4-6-8-20)31(29,30)22-11-9-21(25)10-12-22/h4-14H,15-16H2,1-3H3,(H,26,28). The molecule has 0 heterocycles. The topological polar surface area (TPSA) is 66.5 Å². The van der Waals surface area contributed by atoms with Gasteiger partial charge in [0, 0.05) is 12.2 Å². The number of anilines is 1. The Morgan fingerprint density at radius 3 is 2.10 bits per heavy atom. The number of nitrogens with one attached hydrogen (secondary N) is 1. The molecule has 3 rings (SSSR count). The van der Waals surface area contributed by atoms with Gasteiger partial charge in [-0.05, 0) is 61.7 Å². The summed E-state index contributed by atoms with van der Waals surface area (Å²) < 4.78 is 40.9. The number of carbonyl (C=O) groups excluding carboxylic acids is 1. The molecule has 0 aromatic heterocycles. The second-order valence-electron chi connectivity index (χ2n) is 7.53. The number of hydrogen-bond donors (Lipinski definition) is 1. The van der Waals surface area contributed by atoms with E-state index in [1.807, 2.05) is 39.0 Å². The van der Waals surface area contributed by atoms with Gasteiger partial charge in [-0.25, -0.2) is 12.8 Å². The van der Waals surface area contributed by atoms with E-state index in [2.05, 4.69) is 5.32 Å². The van der Waals surface area contributed by atoms with Crippen molar-refractivity contribution in [2.75, 3.05) is 11.9 Å². The highest BCUT2D eigenvalue weighted by Crippen LogP contribution is 2.23. The average Bonchev–Trinajstić information content (AvgIpc) is 2.71. The van der Waals surface area contributed by atoms with Gasteiger partial charge < -0.3 is 5.32 Å². The summed E-state index contributed by atoms with van der Waals surface area (Å²) in [6.45, 7) is 5.41. The monoisotopic (exact) mass is 440 g/mol. The Bertz CT molecular complexity index is 1150. The summed E-state index contributed by atoms with van der Waals surface area (Å²) >= 11 is 0. The molecule has 0 radical (unpaired) electrons. The molecule has 1 amide bonds. The molecular weight excluding hydrogens is 415 g/mol. The Morgan fingerprint density at radius 2 is 1.52 bits per heavy atom. The predicted molar refractivity (Wildman–Crippen MR) is 120 cm³/mol. The van der Waals surface area contributed by atoms with Crippen LogP contribution < -0.4 is 5.32 Å². The molecule has 0 aliphatic rings. The Morgan fingerprint density at radius 1 is 0.935 bits per heavy atom. The summed E-state index contributed by atoms with van der Waals surface area (Å²) in [5, 5.41) is 2.85. The SMILES string of the molecule is Cc1cc(C)c(NC(=O)CN(Cc2ccccc2)S(=O)(=O)c2ccc(F)cc2)c(C)c1. The van der Waals surface area contributed by atoms with E-state index in [0.717, 1.165) is 38.7 Å². The molecule has 0 aliphatic heterocycles. The van der Waals surface area contributed by atoms with Crippen LogP contribution >= 0.6 is 0 Å². The van der Waals surface area contributed by atoms with Gasteiger partial charge in [-0.3, -0.25) is 4.79 Å². The molecule has 0 spiro atoms. The van der Waals surface area contributed by atoms with E-state index in [0.29, 0.717) is 5.69 Å². The summed E-state index contributed by atoms with van der Waals surface area (Å²) in [4.78, 5) is 12.8. The molecule has 0 saturated heterocycles. The van der Waals surface area contributed by atoms with Crippen LogP contribution in [0, 0.1) is 26.6 Å². The van der Waals surface area contributed by atoms with E-state index in [-0.39, 0.29) is 18.0 Å². The van der Waals surface area contributed by atoms with Crippen molar-refractivity contribution in [3.8, 4) is 0 Å². The van der Waals surface area contributed by atoms with Crippen LogP contribution in [0.25, 0.3) is 0 Å². The second kappa shape index (κ2) is 9.41. The number of hydrogen-bond acceptors (Lipinski definition) is 3. The van der Waals surface area contributed by atoms with Crippen molar-refractivity contribution < 1.29 is 17.6 Å². The summed E-state index contributed by atoms with van der Waals surface area (Å²) in [6.07, 6.45) is 0. The van der Waals surface area contributed by atoms with Crippen LogP contribution in [0.5, 0.6) is 0 Å². The third-order valence-corrected chi connectivity index (χ3v) is 6.72. The zero-order valence-corrected chi connectivity index (χ0v) is 18.5. The maximum absolute atomic E-state index is 13.3. The van der Waals surface area contributed by atoms with Crippen molar-refractivity contribution in [2.24, 2.45) is 0 Å². The van der Waals surface area contributed by atoms with Gasteiger partial charge in [-0.15, -0.1) is 0 Å². The molecule has 0 saturated carbocycles. The Balaban J connectivity index is 1.89. The summed E-state index contributed by atoms with van der Waals surface area (Å²) in [7, 11) is -4.02. The molecule has 5 nitrogen and oxygen atoms in total. The van der Waals surface area contributed by atoms with E-state index in [1.54, 1.807) is 24.3 Å². The van der Waals surface area contributed by atoms with Crippen molar-refractivity contribution in [3.63, 3.8) is 0 Å². The van der Waals surface area contributed by atoms with E-state index in [9.17, 15) is 17.6 Å². The van der Waals surface area contributed by atoms with Crippen molar-refractivity contribution in [1.29, 1.82) is 0 Å². The number of sulfonamides is 1. The third-order valence-electron chi connectivity index (χ3n) is 4.91. The first-order valence-electron chi connectivity index (χ1n) is 9.84. The lowest BCUT2D eigenvalue weighted by Crippen LogP contribution is -2.37. The van der Waals surface area contributed by atoms with Gasteiger partial charge in [0.05, 0.1) is 11.4 Å². The number of benzene rings is 3. The van der Waals surface area contributed by atoms with E-state index >= 15 is 0 Å². The van der Waals surface area contributed by atoms with Gasteiger partial charge in [0.15, 0.2) is 0 Å². The fourth-order valence-corrected chi connectivity index (χ4v) is 4.87. The van der Waals surface area contributed by atoms with Crippen LogP contribution in [-0.4, -0.2) is 25.2 Å². The van der Waals surface area contributed by atoms with Crippen LogP contribution in [0.3, 0.4) is 0 Å². The minimum atomic E-state index is -4.02. The number of amides is 1. The van der Waals surface area contributed by atoms with Gasteiger partial charge in [0.25, 0.3) is 0 Å². The summed E-state index contributed by atoms with van der Waals surface area (Å²) in [6, 6.07) is 17.5. The maximum atomic E-state index is 13.3. The Hall–Kier alpha value is -3.03. The highest BCUT2D eigenvalue weighted by molar-refractivity contribution is 7.89. The first-order chi connectivity index (χ1) is 14.7. The van der Waals surface area contributed by atoms with Crippen LogP contribution in [-0.2, 0) is 21.4 Å². The largest absolute Gasteiger partial charge is 0.324 e. The summed E-state index contributed by atoms with van der Waals surface area (Å²) in [5.74, 6) is -0.978. The van der Waals surface area contributed by atoms with Crippen molar-refractivity contribution in [1.82, 2.24) is 4.31 Å². The predicted octanol–water partition coefficient (Wildman–Crippen LogP) is 4.58. The van der Waals surface area contributed by atoms with Crippen molar-refractivity contribution in [3.05, 3.63) is 94.8 Å². The zero-order chi connectivity index (χ0) is 22.6. The highest BCUT2D eigenvalue weighted by Gasteiger charge is 2.27. The van der Waals surface area contributed by atoms with Gasteiger partial charge in [0.1, 0.15) is 5.82 Å². The molecule has 0 atom stereocenters. The number of aryl methyl sites for hydroxylation is 3. The molecular formula is C24H25FN2O3S. The molecule has 0 fully saturated rings. The molecule has 0 aliphatic carbocycles. The smallest absolute Gasteiger partial charge is 0.243 e. The lowest BCUT2D eigenvalue weighted by molar-refractivity contribution is -0.116. The molecule has 31 heavy (non-hydrogen) atoms. The molecule has 162 valence electrons. The normalized spacial score (nSPS) is 11.5. The molecule has 1 N–H and O–H groups in total. The number of nitrogens with zero attached hydrogens (tertiary/aromatic N) is 1. The maximum Gasteiger partial charge on any atom is 0.243 e. The van der Waals surface area contributed by atoms with Crippen LogP contribution in [0.1, 0.15) is 22.3 Å². The number of halogens is 1. The lowest BCUT2D eigenvalue weighted by atomic mass is 10.1. The number of carbonyl (C=O) groups is 1. The first-order valence-corrected chi connectivity index (χ1v) is 11.3. The average molecular weight is 441 g/mol. The van der Waals surface area contributed by atoms with E-state index in [4.69, 9.17) is 0 Å². The van der Waals surface area contributed by atoms with Gasteiger partial charge in [-0.2, -0.15) is 4.31 Å².